The summed E-state index contributed by atoms with van der Waals surface area (Å²) < 4.78 is 0. The highest BCUT2D eigenvalue weighted by Crippen LogP contribution is 2.30. The van der Waals surface area contributed by atoms with Crippen molar-refractivity contribution >= 4 is 35.0 Å². The highest BCUT2D eigenvalue weighted by atomic mass is 16.2. The Morgan fingerprint density at radius 2 is 1.59 bits per heavy atom. The molecule has 2 aromatic carbocycles. The third-order valence-electron chi connectivity index (χ3n) is 5.92. The van der Waals surface area contributed by atoms with Gasteiger partial charge in [0.05, 0.1) is 22.5 Å². The molecule has 0 radical (unpaired) electrons. The molecule has 0 saturated carbocycles. The molecule has 166 valence electrons. The van der Waals surface area contributed by atoms with E-state index in [1.165, 1.54) is 4.90 Å². The summed E-state index contributed by atoms with van der Waals surface area (Å²) in [7, 11) is 0. The second-order valence-corrected chi connectivity index (χ2v) is 8.10. The van der Waals surface area contributed by atoms with Crippen LogP contribution in [0.5, 0.6) is 0 Å². The second-order valence-electron chi connectivity index (χ2n) is 8.10. The van der Waals surface area contributed by atoms with Crippen LogP contribution in [0.25, 0.3) is 0 Å². The minimum absolute atomic E-state index is 0.186. The van der Waals surface area contributed by atoms with Crippen molar-refractivity contribution in [2.45, 2.75) is 32.1 Å². The predicted octanol–water partition coefficient (Wildman–Crippen LogP) is 2.79. The number of imide groups is 1. The van der Waals surface area contributed by atoms with Crippen LogP contribution in [0.15, 0.2) is 42.5 Å². The van der Waals surface area contributed by atoms with Crippen molar-refractivity contribution in [1.82, 2.24) is 4.90 Å². The molecule has 1 saturated heterocycles. The lowest BCUT2D eigenvalue weighted by molar-refractivity contribution is -0.116. The van der Waals surface area contributed by atoms with Crippen molar-refractivity contribution in [2.75, 3.05) is 29.9 Å². The zero-order chi connectivity index (χ0) is 22.7. The number of benzene rings is 2. The molecule has 4 rings (SSSR count). The summed E-state index contributed by atoms with van der Waals surface area (Å²) in [5, 5.41) is 2.91. The highest BCUT2D eigenvalue weighted by molar-refractivity contribution is 6.21. The zero-order valence-electron chi connectivity index (χ0n) is 17.8. The first kappa shape index (κ1) is 21.5. The number of nitrogens with two attached hydrogens (primary N) is 1. The third-order valence-corrected chi connectivity index (χ3v) is 5.92. The van der Waals surface area contributed by atoms with E-state index in [0.29, 0.717) is 35.2 Å². The Kier molecular flexibility index (Phi) is 6.20. The quantitative estimate of drug-likeness (QED) is 0.490. The molecule has 1 fully saturated rings. The smallest absolute Gasteiger partial charge is 0.261 e. The van der Waals surface area contributed by atoms with Gasteiger partial charge in [-0.2, -0.15) is 0 Å². The van der Waals surface area contributed by atoms with Gasteiger partial charge in [-0.25, -0.2) is 0 Å². The molecule has 0 bridgehead atoms. The van der Waals surface area contributed by atoms with Gasteiger partial charge in [0.15, 0.2) is 0 Å². The molecule has 8 heteroatoms. The van der Waals surface area contributed by atoms with E-state index in [1.54, 1.807) is 36.4 Å². The second kappa shape index (κ2) is 9.21. The van der Waals surface area contributed by atoms with Crippen molar-refractivity contribution in [3.63, 3.8) is 0 Å². The normalized spacial score (nSPS) is 15.2. The van der Waals surface area contributed by atoms with Crippen molar-refractivity contribution in [1.29, 1.82) is 0 Å². The van der Waals surface area contributed by atoms with E-state index in [9.17, 15) is 19.2 Å². The average molecular weight is 434 g/mol. The topological polar surface area (TPSA) is 113 Å². The van der Waals surface area contributed by atoms with Crippen LogP contribution in [0, 0.1) is 0 Å². The molecular weight excluding hydrogens is 408 g/mol. The molecule has 0 aromatic heterocycles. The Morgan fingerprint density at radius 3 is 2.22 bits per heavy atom. The highest BCUT2D eigenvalue weighted by Gasteiger charge is 2.34. The van der Waals surface area contributed by atoms with Crippen LogP contribution in [0.2, 0.25) is 0 Å². The Balaban J connectivity index is 1.33. The molecule has 4 amide bonds. The fourth-order valence-corrected chi connectivity index (χ4v) is 4.23. The van der Waals surface area contributed by atoms with Crippen LogP contribution in [0.1, 0.15) is 63.2 Å². The van der Waals surface area contributed by atoms with Crippen LogP contribution >= 0.6 is 0 Å². The maximum absolute atomic E-state index is 12.6. The Morgan fingerprint density at radius 1 is 0.938 bits per heavy atom. The number of carbonyl (C=O) groups is 4. The third kappa shape index (κ3) is 4.34. The van der Waals surface area contributed by atoms with Gasteiger partial charge in [0.25, 0.3) is 11.8 Å². The number of hydrogen-bond donors (Lipinski definition) is 2. The lowest BCUT2D eigenvalue weighted by Gasteiger charge is -2.22. The van der Waals surface area contributed by atoms with Gasteiger partial charge >= 0.3 is 0 Å². The molecule has 2 heterocycles. The zero-order valence-corrected chi connectivity index (χ0v) is 17.8. The number of carbonyl (C=O) groups excluding carboxylic acids is 4. The summed E-state index contributed by atoms with van der Waals surface area (Å²) >= 11 is 0. The molecule has 2 aromatic rings. The SMILES string of the molecule is NC(=O)c1ccc(N2CCCC2)c(NC(=O)CCCCN2C(=O)c3ccccc3C2=O)c1. The summed E-state index contributed by atoms with van der Waals surface area (Å²) in [6.07, 6.45) is 3.46. The first-order valence-corrected chi connectivity index (χ1v) is 10.9. The van der Waals surface area contributed by atoms with Gasteiger partial charge in [-0.05, 0) is 56.0 Å². The molecule has 2 aliphatic rings. The summed E-state index contributed by atoms with van der Waals surface area (Å²) in [6.45, 7) is 2.08. The van der Waals surface area contributed by atoms with Gasteiger partial charge < -0.3 is 16.0 Å². The van der Waals surface area contributed by atoms with Crippen LogP contribution in [0.4, 0.5) is 11.4 Å². The van der Waals surface area contributed by atoms with E-state index in [4.69, 9.17) is 5.73 Å². The van der Waals surface area contributed by atoms with Crippen LogP contribution < -0.4 is 16.0 Å². The molecule has 8 nitrogen and oxygen atoms in total. The number of hydrogen-bond acceptors (Lipinski definition) is 5. The number of primary amides is 1. The largest absolute Gasteiger partial charge is 0.370 e. The molecule has 0 spiro atoms. The lowest BCUT2D eigenvalue weighted by atomic mass is 10.1. The van der Waals surface area contributed by atoms with E-state index in [1.807, 2.05) is 6.07 Å². The van der Waals surface area contributed by atoms with Crippen LogP contribution in [0.3, 0.4) is 0 Å². The standard InChI is InChI=1S/C24H26N4O4/c25-22(30)16-10-11-20(27-12-5-6-13-27)19(15-16)26-21(29)9-3-4-14-28-23(31)17-7-1-2-8-18(17)24(28)32/h1-2,7-8,10-11,15H,3-6,9,12-14H2,(H2,25,30)(H,26,29). The molecular formula is C24H26N4O4. The van der Waals surface area contributed by atoms with E-state index in [2.05, 4.69) is 10.2 Å². The number of unbranched alkanes of at least 4 members (excludes halogenated alkanes) is 1. The summed E-state index contributed by atoms with van der Waals surface area (Å²) in [4.78, 5) is 52.4. The van der Waals surface area contributed by atoms with Gasteiger partial charge in [-0.15, -0.1) is 0 Å². The van der Waals surface area contributed by atoms with Gasteiger partial charge in [0, 0.05) is 31.6 Å². The van der Waals surface area contributed by atoms with E-state index in [-0.39, 0.29) is 30.7 Å². The van der Waals surface area contributed by atoms with Crippen molar-refractivity contribution in [3.05, 3.63) is 59.2 Å². The number of nitrogens with zero attached hydrogens (tertiary/aromatic N) is 2. The van der Waals surface area contributed by atoms with Crippen molar-refractivity contribution in [3.8, 4) is 0 Å². The van der Waals surface area contributed by atoms with Crippen molar-refractivity contribution < 1.29 is 19.2 Å². The molecule has 0 atom stereocenters. The summed E-state index contributed by atoms with van der Waals surface area (Å²) in [6, 6.07) is 11.9. The van der Waals surface area contributed by atoms with Gasteiger partial charge in [0.2, 0.25) is 11.8 Å². The van der Waals surface area contributed by atoms with Crippen LogP contribution in [-0.2, 0) is 4.79 Å². The fourth-order valence-electron chi connectivity index (χ4n) is 4.23. The molecule has 3 N–H and O–H groups in total. The number of fused-ring (bicyclic) bond motifs is 1. The van der Waals surface area contributed by atoms with Gasteiger partial charge in [0.1, 0.15) is 0 Å². The number of amides is 4. The Bertz CT molecular complexity index is 1040. The lowest BCUT2D eigenvalue weighted by Crippen LogP contribution is -2.30. The van der Waals surface area contributed by atoms with E-state index < -0.39 is 5.91 Å². The minimum atomic E-state index is -0.547. The molecule has 0 unspecified atom stereocenters. The van der Waals surface area contributed by atoms with Gasteiger partial charge in [-0.1, -0.05) is 12.1 Å². The van der Waals surface area contributed by atoms with Crippen LogP contribution in [-0.4, -0.2) is 48.2 Å². The maximum atomic E-state index is 12.6. The van der Waals surface area contributed by atoms with E-state index >= 15 is 0 Å². The predicted molar refractivity (Wildman–Crippen MR) is 121 cm³/mol. The fraction of sp³-hybridized carbons (Fsp3) is 0.333. The maximum Gasteiger partial charge on any atom is 0.261 e. The first-order valence-electron chi connectivity index (χ1n) is 10.9. The van der Waals surface area contributed by atoms with E-state index in [0.717, 1.165) is 31.6 Å². The number of rotatable bonds is 8. The van der Waals surface area contributed by atoms with Crippen molar-refractivity contribution in [2.24, 2.45) is 5.73 Å². The number of anilines is 2. The monoisotopic (exact) mass is 434 g/mol. The average Bonchev–Trinajstić information content (AvgIpc) is 3.40. The molecule has 0 aliphatic carbocycles. The number of nitrogens with one attached hydrogen (secondary N) is 1. The molecule has 32 heavy (non-hydrogen) atoms. The minimum Gasteiger partial charge on any atom is -0.370 e. The van der Waals surface area contributed by atoms with Gasteiger partial charge in [-0.3, -0.25) is 24.1 Å². The summed E-state index contributed by atoms with van der Waals surface area (Å²) in [5.41, 5.74) is 8.06. The first-order chi connectivity index (χ1) is 15.5. The molecule has 2 aliphatic heterocycles. The Hall–Kier alpha value is -3.68. The Labute approximate surface area is 186 Å². The summed E-state index contributed by atoms with van der Waals surface area (Å²) in [5.74, 6) is -1.30.